The Morgan fingerprint density at radius 2 is 1.77 bits per heavy atom. The van der Waals surface area contributed by atoms with E-state index >= 15 is 0 Å². The number of carbonyl (C=O) groups excluding carboxylic acids is 2. The minimum atomic E-state index is -0.635. The number of nitrogens with one attached hydrogen (secondary N) is 1. The Morgan fingerprint density at radius 1 is 1.09 bits per heavy atom. The van der Waals surface area contributed by atoms with Crippen molar-refractivity contribution >= 4 is 17.4 Å². The molecule has 0 aliphatic heterocycles. The standard InChI is InChI=1S/C18H19NO3/c1-12-5-4-6-16(11-12)19-18(21)14(3)22-17-9-7-15(8-10-17)13(2)20/h4-11,14H,1-3H3,(H,19,21). The number of amides is 1. The average Bonchev–Trinajstić information content (AvgIpc) is 2.47. The topological polar surface area (TPSA) is 55.4 Å². The van der Waals surface area contributed by atoms with Gasteiger partial charge >= 0.3 is 0 Å². The number of aryl methyl sites for hydroxylation is 1. The van der Waals surface area contributed by atoms with Crippen molar-refractivity contribution in [1.82, 2.24) is 0 Å². The second-order valence-electron chi connectivity index (χ2n) is 5.20. The van der Waals surface area contributed by atoms with Crippen molar-refractivity contribution in [2.24, 2.45) is 0 Å². The molecule has 2 aromatic carbocycles. The Balaban J connectivity index is 1.97. The van der Waals surface area contributed by atoms with E-state index in [9.17, 15) is 9.59 Å². The molecule has 0 aromatic heterocycles. The quantitative estimate of drug-likeness (QED) is 0.858. The summed E-state index contributed by atoms with van der Waals surface area (Å²) < 4.78 is 5.59. The molecule has 2 rings (SSSR count). The molecule has 0 saturated heterocycles. The zero-order valence-electron chi connectivity index (χ0n) is 12.9. The van der Waals surface area contributed by atoms with Crippen LogP contribution in [0, 0.1) is 6.92 Å². The molecule has 0 aliphatic rings. The van der Waals surface area contributed by atoms with Gasteiger partial charge in [-0.15, -0.1) is 0 Å². The summed E-state index contributed by atoms with van der Waals surface area (Å²) in [6, 6.07) is 14.3. The van der Waals surface area contributed by atoms with Crippen LogP contribution >= 0.6 is 0 Å². The van der Waals surface area contributed by atoms with Gasteiger partial charge in [0, 0.05) is 11.3 Å². The fraction of sp³-hybridized carbons (Fsp3) is 0.222. The Morgan fingerprint density at radius 3 is 2.36 bits per heavy atom. The van der Waals surface area contributed by atoms with E-state index in [4.69, 9.17) is 4.74 Å². The molecule has 1 atom stereocenters. The average molecular weight is 297 g/mol. The maximum absolute atomic E-state index is 12.1. The number of benzene rings is 2. The highest BCUT2D eigenvalue weighted by atomic mass is 16.5. The Bertz CT molecular complexity index is 677. The highest BCUT2D eigenvalue weighted by molar-refractivity contribution is 5.95. The Labute approximate surface area is 130 Å². The van der Waals surface area contributed by atoms with Crippen molar-refractivity contribution < 1.29 is 14.3 Å². The number of ether oxygens (including phenoxy) is 1. The predicted molar refractivity (Wildman–Crippen MR) is 86.3 cm³/mol. The van der Waals surface area contributed by atoms with Crippen LogP contribution in [0.2, 0.25) is 0 Å². The number of ketones is 1. The summed E-state index contributed by atoms with van der Waals surface area (Å²) in [4.78, 5) is 23.3. The molecule has 0 aliphatic carbocycles. The number of anilines is 1. The van der Waals surface area contributed by atoms with E-state index in [0.717, 1.165) is 11.3 Å². The van der Waals surface area contributed by atoms with Gasteiger partial charge in [-0.2, -0.15) is 0 Å². The first-order valence-corrected chi connectivity index (χ1v) is 7.11. The number of Topliss-reactive ketones (excluding diaryl/α,β-unsaturated/α-hetero) is 1. The van der Waals surface area contributed by atoms with Gasteiger partial charge in [-0.3, -0.25) is 9.59 Å². The normalized spacial score (nSPS) is 11.6. The van der Waals surface area contributed by atoms with Crippen LogP contribution < -0.4 is 10.1 Å². The number of rotatable bonds is 5. The summed E-state index contributed by atoms with van der Waals surface area (Å²) in [6.07, 6.45) is -0.635. The molecule has 0 heterocycles. The highest BCUT2D eigenvalue weighted by Crippen LogP contribution is 2.15. The third-order valence-corrected chi connectivity index (χ3v) is 3.23. The fourth-order valence-corrected chi connectivity index (χ4v) is 1.99. The first kappa shape index (κ1) is 15.8. The molecule has 1 unspecified atom stereocenters. The van der Waals surface area contributed by atoms with Crippen molar-refractivity contribution in [3.05, 3.63) is 59.7 Å². The van der Waals surface area contributed by atoms with Crippen molar-refractivity contribution in [2.45, 2.75) is 26.9 Å². The zero-order chi connectivity index (χ0) is 16.1. The number of carbonyl (C=O) groups is 2. The van der Waals surface area contributed by atoms with Crippen LogP contribution in [0.25, 0.3) is 0 Å². The molecule has 2 aromatic rings. The van der Waals surface area contributed by atoms with Crippen molar-refractivity contribution in [3.63, 3.8) is 0 Å². The number of hydrogen-bond donors (Lipinski definition) is 1. The van der Waals surface area contributed by atoms with Gasteiger partial charge in [0.2, 0.25) is 0 Å². The third kappa shape index (κ3) is 4.19. The van der Waals surface area contributed by atoms with Crippen molar-refractivity contribution in [3.8, 4) is 5.75 Å². The van der Waals surface area contributed by atoms with Crippen molar-refractivity contribution in [1.29, 1.82) is 0 Å². The van der Waals surface area contributed by atoms with Crippen LogP contribution in [0.4, 0.5) is 5.69 Å². The molecule has 0 saturated carbocycles. The van der Waals surface area contributed by atoms with Gasteiger partial charge in [0.1, 0.15) is 5.75 Å². The van der Waals surface area contributed by atoms with Gasteiger partial charge < -0.3 is 10.1 Å². The molecule has 0 fully saturated rings. The van der Waals surface area contributed by atoms with Gasteiger partial charge in [-0.25, -0.2) is 0 Å². The van der Waals surface area contributed by atoms with Gasteiger partial charge in [0.05, 0.1) is 0 Å². The Hall–Kier alpha value is -2.62. The minimum Gasteiger partial charge on any atom is -0.481 e. The van der Waals surface area contributed by atoms with E-state index in [1.54, 1.807) is 31.2 Å². The van der Waals surface area contributed by atoms with Crippen LogP contribution in [0.5, 0.6) is 5.75 Å². The lowest BCUT2D eigenvalue weighted by Crippen LogP contribution is -2.30. The third-order valence-electron chi connectivity index (χ3n) is 3.23. The lowest BCUT2D eigenvalue weighted by atomic mass is 10.1. The minimum absolute atomic E-state index is 0.00297. The zero-order valence-corrected chi connectivity index (χ0v) is 12.9. The first-order chi connectivity index (χ1) is 10.5. The molecule has 22 heavy (non-hydrogen) atoms. The summed E-state index contributed by atoms with van der Waals surface area (Å²) in [6.45, 7) is 5.16. The van der Waals surface area contributed by atoms with E-state index in [0.29, 0.717) is 11.3 Å². The largest absolute Gasteiger partial charge is 0.481 e. The van der Waals surface area contributed by atoms with E-state index in [1.807, 2.05) is 31.2 Å². The predicted octanol–water partition coefficient (Wildman–Crippen LogP) is 3.60. The van der Waals surface area contributed by atoms with E-state index in [2.05, 4.69) is 5.32 Å². The van der Waals surface area contributed by atoms with Crippen molar-refractivity contribution in [2.75, 3.05) is 5.32 Å². The first-order valence-electron chi connectivity index (χ1n) is 7.11. The molecule has 0 spiro atoms. The van der Waals surface area contributed by atoms with Gasteiger partial charge in [-0.05, 0) is 62.7 Å². The van der Waals surface area contributed by atoms with Gasteiger partial charge in [-0.1, -0.05) is 12.1 Å². The van der Waals surface area contributed by atoms with Gasteiger partial charge in [0.25, 0.3) is 5.91 Å². The lowest BCUT2D eigenvalue weighted by Gasteiger charge is -2.15. The van der Waals surface area contributed by atoms with Gasteiger partial charge in [0.15, 0.2) is 11.9 Å². The summed E-state index contributed by atoms with van der Waals surface area (Å²) in [5.41, 5.74) is 2.43. The van der Waals surface area contributed by atoms with E-state index in [-0.39, 0.29) is 11.7 Å². The van der Waals surface area contributed by atoms with E-state index in [1.165, 1.54) is 6.92 Å². The highest BCUT2D eigenvalue weighted by Gasteiger charge is 2.15. The monoisotopic (exact) mass is 297 g/mol. The van der Waals surface area contributed by atoms with E-state index < -0.39 is 6.10 Å². The van der Waals surface area contributed by atoms with Crippen LogP contribution in [-0.2, 0) is 4.79 Å². The van der Waals surface area contributed by atoms with Crippen LogP contribution in [0.15, 0.2) is 48.5 Å². The van der Waals surface area contributed by atoms with Crippen LogP contribution in [0.1, 0.15) is 29.8 Å². The summed E-state index contributed by atoms with van der Waals surface area (Å²) >= 11 is 0. The maximum atomic E-state index is 12.1. The Kier molecular flexibility index (Phi) is 4.94. The maximum Gasteiger partial charge on any atom is 0.265 e. The fourth-order valence-electron chi connectivity index (χ4n) is 1.99. The second kappa shape index (κ2) is 6.89. The summed E-state index contributed by atoms with van der Waals surface area (Å²) in [5.74, 6) is 0.329. The lowest BCUT2D eigenvalue weighted by molar-refractivity contribution is -0.122. The molecule has 114 valence electrons. The van der Waals surface area contributed by atoms with Crippen LogP contribution in [0.3, 0.4) is 0 Å². The summed E-state index contributed by atoms with van der Waals surface area (Å²) in [7, 11) is 0. The number of hydrogen-bond acceptors (Lipinski definition) is 3. The molecular weight excluding hydrogens is 278 g/mol. The molecule has 4 heteroatoms. The molecule has 1 N–H and O–H groups in total. The molecule has 4 nitrogen and oxygen atoms in total. The molecule has 1 amide bonds. The molecule has 0 bridgehead atoms. The molecule has 0 radical (unpaired) electrons. The molecular formula is C18H19NO3. The smallest absolute Gasteiger partial charge is 0.265 e. The second-order valence-corrected chi connectivity index (χ2v) is 5.20. The summed E-state index contributed by atoms with van der Waals surface area (Å²) in [5, 5.41) is 2.81. The van der Waals surface area contributed by atoms with Crippen LogP contribution in [-0.4, -0.2) is 17.8 Å². The SMILES string of the molecule is CC(=O)c1ccc(OC(C)C(=O)Nc2cccc(C)c2)cc1.